The fourth-order valence-electron chi connectivity index (χ4n) is 1.72. The van der Waals surface area contributed by atoms with Crippen molar-refractivity contribution in [1.82, 2.24) is 0 Å². The highest BCUT2D eigenvalue weighted by atomic mass is 19.4. The third-order valence-corrected chi connectivity index (χ3v) is 2.73. The number of rotatable bonds is 2. The summed E-state index contributed by atoms with van der Waals surface area (Å²) >= 11 is 0. The number of nitrogens with one attached hydrogen (secondary N) is 1. The molecule has 6 heteroatoms. The van der Waals surface area contributed by atoms with E-state index in [0.29, 0.717) is 5.56 Å². The lowest BCUT2D eigenvalue weighted by molar-refractivity contribution is -0.137. The smallest absolute Gasteiger partial charge is 0.416 e. The van der Waals surface area contributed by atoms with Gasteiger partial charge in [0.15, 0.2) is 0 Å². The van der Waals surface area contributed by atoms with E-state index in [0.717, 1.165) is 12.1 Å². The molecular formula is C16H18F3NO2. The van der Waals surface area contributed by atoms with Crippen LogP contribution in [0.2, 0.25) is 0 Å². The lowest BCUT2D eigenvalue weighted by Gasteiger charge is -2.21. The summed E-state index contributed by atoms with van der Waals surface area (Å²) in [6.07, 6.45) is -0.0343. The van der Waals surface area contributed by atoms with Crippen LogP contribution in [0.25, 0.3) is 0 Å². The van der Waals surface area contributed by atoms with Crippen molar-refractivity contribution in [3.63, 3.8) is 0 Å². The molecule has 0 aromatic heterocycles. The van der Waals surface area contributed by atoms with Gasteiger partial charge in [0, 0.05) is 11.6 Å². The highest BCUT2D eigenvalue weighted by Crippen LogP contribution is 2.34. The standard InChI is InChI=1S/C16H18F3NO2/c1-6-10(2)12-8-7-11(16(17,18)19)9-13(12)20-14(21)22-15(3,4)5/h1,7-10H,2-5H3,(H,20,21). The average Bonchev–Trinajstić information content (AvgIpc) is 2.34. The minimum Gasteiger partial charge on any atom is -0.444 e. The summed E-state index contributed by atoms with van der Waals surface area (Å²) in [5, 5.41) is 2.34. The van der Waals surface area contributed by atoms with Crippen LogP contribution in [0.15, 0.2) is 18.2 Å². The summed E-state index contributed by atoms with van der Waals surface area (Å²) in [7, 11) is 0. The zero-order chi connectivity index (χ0) is 17.1. The second kappa shape index (κ2) is 6.30. The van der Waals surface area contributed by atoms with Gasteiger partial charge in [0.25, 0.3) is 0 Å². The van der Waals surface area contributed by atoms with E-state index in [-0.39, 0.29) is 5.69 Å². The van der Waals surface area contributed by atoms with Crippen molar-refractivity contribution >= 4 is 11.8 Å². The number of alkyl halides is 3. The van der Waals surface area contributed by atoms with Crippen LogP contribution in [0.1, 0.15) is 44.7 Å². The number of terminal acetylenes is 1. The molecule has 0 saturated heterocycles. The number of carbonyl (C=O) groups is 1. The molecule has 1 aromatic carbocycles. The van der Waals surface area contributed by atoms with Crippen LogP contribution in [0.4, 0.5) is 23.7 Å². The third-order valence-electron chi connectivity index (χ3n) is 2.73. The Morgan fingerprint density at radius 3 is 2.36 bits per heavy atom. The first-order valence-electron chi connectivity index (χ1n) is 6.61. The van der Waals surface area contributed by atoms with E-state index >= 15 is 0 Å². The molecule has 1 rings (SSSR count). The summed E-state index contributed by atoms with van der Waals surface area (Å²) < 4.78 is 43.5. The lowest BCUT2D eigenvalue weighted by Crippen LogP contribution is -2.27. The van der Waals surface area contributed by atoms with Crippen LogP contribution in [0.3, 0.4) is 0 Å². The minimum absolute atomic E-state index is 0.00507. The van der Waals surface area contributed by atoms with Crippen LogP contribution in [-0.4, -0.2) is 11.7 Å². The van der Waals surface area contributed by atoms with Crippen LogP contribution >= 0.6 is 0 Å². The van der Waals surface area contributed by atoms with Crippen molar-refractivity contribution in [2.75, 3.05) is 5.32 Å². The summed E-state index contributed by atoms with van der Waals surface area (Å²) in [5.74, 6) is 1.98. The van der Waals surface area contributed by atoms with E-state index in [1.807, 2.05) is 0 Å². The molecule has 120 valence electrons. The number of carbonyl (C=O) groups excluding carboxylic acids is 1. The Kier molecular flexibility index (Phi) is 5.13. The Hall–Kier alpha value is -2.16. The molecule has 0 fully saturated rings. The molecule has 1 amide bonds. The number of hydrogen-bond donors (Lipinski definition) is 1. The molecule has 0 bridgehead atoms. The molecule has 1 aromatic rings. The summed E-state index contributed by atoms with van der Waals surface area (Å²) in [6, 6.07) is 3.05. The van der Waals surface area contributed by atoms with Gasteiger partial charge in [0.05, 0.1) is 5.56 Å². The maximum atomic E-state index is 12.8. The number of amides is 1. The average molecular weight is 313 g/mol. The summed E-state index contributed by atoms with van der Waals surface area (Å²) in [4.78, 5) is 11.8. The predicted molar refractivity (Wildman–Crippen MR) is 78.5 cm³/mol. The highest BCUT2D eigenvalue weighted by Gasteiger charge is 2.31. The molecule has 0 aliphatic heterocycles. The highest BCUT2D eigenvalue weighted by molar-refractivity contribution is 5.86. The molecule has 1 unspecified atom stereocenters. The molecule has 22 heavy (non-hydrogen) atoms. The van der Waals surface area contributed by atoms with E-state index in [9.17, 15) is 18.0 Å². The van der Waals surface area contributed by atoms with Crippen molar-refractivity contribution in [2.45, 2.75) is 45.4 Å². The second-order valence-electron chi connectivity index (χ2n) is 5.82. The molecule has 3 nitrogen and oxygen atoms in total. The molecule has 0 aliphatic rings. The molecule has 1 N–H and O–H groups in total. The molecule has 0 saturated carbocycles. The fraction of sp³-hybridized carbons (Fsp3) is 0.438. The van der Waals surface area contributed by atoms with Gasteiger partial charge in [-0.05, 0) is 45.4 Å². The number of benzene rings is 1. The normalized spacial score (nSPS) is 13.2. The third kappa shape index (κ3) is 4.99. The van der Waals surface area contributed by atoms with Crippen molar-refractivity contribution < 1.29 is 22.7 Å². The molecular weight excluding hydrogens is 295 g/mol. The Morgan fingerprint density at radius 1 is 1.32 bits per heavy atom. The van der Waals surface area contributed by atoms with Crippen molar-refractivity contribution in [3.05, 3.63) is 29.3 Å². The van der Waals surface area contributed by atoms with E-state index in [1.54, 1.807) is 27.7 Å². The predicted octanol–water partition coefficient (Wildman–Crippen LogP) is 4.79. The van der Waals surface area contributed by atoms with Crippen LogP contribution < -0.4 is 5.32 Å². The Bertz CT molecular complexity index is 595. The quantitative estimate of drug-likeness (QED) is 0.797. The van der Waals surface area contributed by atoms with E-state index in [2.05, 4.69) is 11.2 Å². The van der Waals surface area contributed by atoms with Gasteiger partial charge in [0.2, 0.25) is 0 Å². The molecule has 0 heterocycles. The second-order valence-corrected chi connectivity index (χ2v) is 5.82. The first-order chi connectivity index (χ1) is 9.94. The van der Waals surface area contributed by atoms with Crippen molar-refractivity contribution in [1.29, 1.82) is 0 Å². The maximum absolute atomic E-state index is 12.8. The minimum atomic E-state index is -4.51. The summed E-state index contributed by atoms with van der Waals surface area (Å²) in [6.45, 7) is 6.62. The zero-order valence-electron chi connectivity index (χ0n) is 12.8. The van der Waals surface area contributed by atoms with Gasteiger partial charge in [-0.1, -0.05) is 12.0 Å². The van der Waals surface area contributed by atoms with Crippen molar-refractivity contribution in [3.8, 4) is 12.3 Å². The number of hydrogen-bond acceptors (Lipinski definition) is 2. The maximum Gasteiger partial charge on any atom is 0.416 e. The monoisotopic (exact) mass is 313 g/mol. The van der Waals surface area contributed by atoms with Gasteiger partial charge in [-0.25, -0.2) is 4.79 Å². The van der Waals surface area contributed by atoms with E-state index in [1.165, 1.54) is 6.07 Å². The first-order valence-corrected chi connectivity index (χ1v) is 6.61. The van der Waals surface area contributed by atoms with E-state index in [4.69, 9.17) is 11.2 Å². The van der Waals surface area contributed by atoms with Gasteiger partial charge >= 0.3 is 12.3 Å². The van der Waals surface area contributed by atoms with Gasteiger partial charge in [0.1, 0.15) is 5.60 Å². The van der Waals surface area contributed by atoms with Gasteiger partial charge in [-0.15, -0.1) is 6.42 Å². The largest absolute Gasteiger partial charge is 0.444 e. The number of anilines is 1. The van der Waals surface area contributed by atoms with Gasteiger partial charge in [-0.3, -0.25) is 5.32 Å². The molecule has 0 radical (unpaired) electrons. The van der Waals surface area contributed by atoms with Crippen LogP contribution in [0, 0.1) is 12.3 Å². The van der Waals surface area contributed by atoms with Crippen LogP contribution in [-0.2, 0) is 10.9 Å². The van der Waals surface area contributed by atoms with Crippen molar-refractivity contribution in [2.24, 2.45) is 0 Å². The molecule has 0 spiro atoms. The van der Waals surface area contributed by atoms with Crippen LogP contribution in [0.5, 0.6) is 0 Å². The number of ether oxygens (including phenoxy) is 1. The van der Waals surface area contributed by atoms with Gasteiger partial charge < -0.3 is 4.74 Å². The molecule has 0 aliphatic carbocycles. The zero-order valence-corrected chi connectivity index (χ0v) is 12.8. The summed E-state index contributed by atoms with van der Waals surface area (Å²) in [5.41, 5.74) is -1.22. The molecule has 1 atom stereocenters. The van der Waals surface area contributed by atoms with E-state index < -0.39 is 29.4 Å². The Balaban J connectivity index is 3.18. The lowest BCUT2D eigenvalue weighted by atomic mass is 9.98. The van der Waals surface area contributed by atoms with Gasteiger partial charge in [-0.2, -0.15) is 13.2 Å². The SMILES string of the molecule is C#CC(C)c1ccc(C(F)(F)F)cc1NC(=O)OC(C)(C)C. The number of halogens is 3. The first kappa shape index (κ1) is 17.9. The Morgan fingerprint density at radius 2 is 1.91 bits per heavy atom. The topological polar surface area (TPSA) is 38.3 Å². The fourth-order valence-corrected chi connectivity index (χ4v) is 1.72. The Labute approximate surface area is 127 Å².